The van der Waals surface area contributed by atoms with Crippen molar-refractivity contribution in [3.05, 3.63) is 12.5 Å². The molecule has 0 atom stereocenters. The number of aromatic amines is 1. The van der Waals surface area contributed by atoms with Crippen LogP contribution in [-0.2, 0) is 4.79 Å². The standard InChI is InChI=1S/C16H23N7O/c17-15(24)16(23-6-2-1-3-7-23)4-8-22(9-5-16)14-12-10-20-21-13(12)18-11-19-14/h10-11H,1-9H2,(H2,17,24)(H,18,19,20,21). The molecule has 0 unspecified atom stereocenters. The van der Waals surface area contributed by atoms with Crippen LogP contribution >= 0.6 is 0 Å². The van der Waals surface area contributed by atoms with Gasteiger partial charge in [-0.2, -0.15) is 5.10 Å². The molecule has 3 N–H and O–H groups in total. The third-order valence-corrected chi connectivity index (χ3v) is 5.54. The predicted molar refractivity (Wildman–Crippen MR) is 90.5 cm³/mol. The Balaban J connectivity index is 1.56. The van der Waals surface area contributed by atoms with Crippen molar-refractivity contribution in [3.63, 3.8) is 0 Å². The van der Waals surface area contributed by atoms with Gasteiger partial charge >= 0.3 is 0 Å². The molecule has 2 aliphatic heterocycles. The maximum absolute atomic E-state index is 12.3. The van der Waals surface area contributed by atoms with Crippen molar-refractivity contribution < 1.29 is 4.79 Å². The molecule has 8 nitrogen and oxygen atoms in total. The Hall–Kier alpha value is -2.22. The number of piperidine rings is 2. The van der Waals surface area contributed by atoms with Gasteiger partial charge in [0.05, 0.1) is 11.6 Å². The maximum Gasteiger partial charge on any atom is 0.238 e. The average molecular weight is 329 g/mol. The van der Waals surface area contributed by atoms with Gasteiger partial charge in [0.2, 0.25) is 5.91 Å². The van der Waals surface area contributed by atoms with Gasteiger partial charge in [-0.1, -0.05) is 6.42 Å². The number of aromatic nitrogens is 4. The summed E-state index contributed by atoms with van der Waals surface area (Å²) < 4.78 is 0. The van der Waals surface area contributed by atoms with Crippen LogP contribution in [0.15, 0.2) is 12.5 Å². The summed E-state index contributed by atoms with van der Waals surface area (Å²) >= 11 is 0. The van der Waals surface area contributed by atoms with Crippen LogP contribution in [0.2, 0.25) is 0 Å². The van der Waals surface area contributed by atoms with Crippen LogP contribution in [0.25, 0.3) is 11.0 Å². The van der Waals surface area contributed by atoms with Crippen molar-refractivity contribution in [2.45, 2.75) is 37.6 Å². The highest BCUT2D eigenvalue weighted by atomic mass is 16.1. The fourth-order valence-corrected chi connectivity index (χ4v) is 4.13. The van der Waals surface area contributed by atoms with Crippen molar-refractivity contribution in [1.82, 2.24) is 25.1 Å². The van der Waals surface area contributed by atoms with Gasteiger partial charge in [-0.25, -0.2) is 9.97 Å². The Bertz CT molecular complexity index is 729. The summed E-state index contributed by atoms with van der Waals surface area (Å²) in [6, 6.07) is 0. The summed E-state index contributed by atoms with van der Waals surface area (Å²) in [5.41, 5.74) is 6.09. The van der Waals surface area contributed by atoms with E-state index in [0.29, 0.717) is 0 Å². The van der Waals surface area contributed by atoms with E-state index in [9.17, 15) is 4.79 Å². The number of hydrogen-bond acceptors (Lipinski definition) is 6. The van der Waals surface area contributed by atoms with E-state index in [-0.39, 0.29) is 5.91 Å². The van der Waals surface area contributed by atoms with E-state index in [4.69, 9.17) is 5.73 Å². The molecule has 4 rings (SSSR count). The number of amides is 1. The third kappa shape index (κ3) is 2.41. The molecule has 0 aromatic carbocycles. The number of rotatable bonds is 3. The van der Waals surface area contributed by atoms with E-state index in [0.717, 1.165) is 68.7 Å². The summed E-state index contributed by atoms with van der Waals surface area (Å²) in [5, 5.41) is 7.84. The zero-order valence-electron chi connectivity index (χ0n) is 13.7. The molecule has 2 aliphatic rings. The predicted octanol–water partition coefficient (Wildman–Crippen LogP) is 0.663. The van der Waals surface area contributed by atoms with E-state index in [1.807, 2.05) is 0 Å². The number of carbonyl (C=O) groups is 1. The zero-order valence-corrected chi connectivity index (χ0v) is 13.7. The van der Waals surface area contributed by atoms with Crippen molar-refractivity contribution in [1.29, 1.82) is 0 Å². The number of carbonyl (C=O) groups excluding carboxylic acids is 1. The number of likely N-dealkylation sites (tertiary alicyclic amines) is 1. The third-order valence-electron chi connectivity index (χ3n) is 5.54. The molecule has 2 aromatic rings. The smallest absolute Gasteiger partial charge is 0.238 e. The number of H-pyrrole nitrogens is 1. The molecule has 0 bridgehead atoms. The first-order valence-corrected chi connectivity index (χ1v) is 8.65. The number of hydrogen-bond donors (Lipinski definition) is 2. The Morgan fingerprint density at radius 2 is 1.88 bits per heavy atom. The maximum atomic E-state index is 12.3. The fourth-order valence-electron chi connectivity index (χ4n) is 4.13. The minimum atomic E-state index is -0.501. The molecule has 0 saturated carbocycles. The first-order valence-electron chi connectivity index (χ1n) is 8.65. The monoisotopic (exact) mass is 329 g/mol. The van der Waals surface area contributed by atoms with Gasteiger partial charge in [0, 0.05) is 13.1 Å². The Labute approximate surface area is 140 Å². The molecule has 2 saturated heterocycles. The van der Waals surface area contributed by atoms with E-state index < -0.39 is 5.54 Å². The summed E-state index contributed by atoms with van der Waals surface area (Å²) in [7, 11) is 0. The van der Waals surface area contributed by atoms with E-state index in [1.165, 1.54) is 6.42 Å². The number of primary amides is 1. The summed E-state index contributed by atoms with van der Waals surface area (Å²) in [6.07, 6.45) is 8.34. The van der Waals surface area contributed by atoms with E-state index in [1.54, 1.807) is 12.5 Å². The molecule has 4 heterocycles. The Kier molecular flexibility index (Phi) is 3.84. The average Bonchev–Trinajstić information content (AvgIpc) is 3.11. The van der Waals surface area contributed by atoms with E-state index in [2.05, 4.69) is 30.0 Å². The first-order chi connectivity index (χ1) is 11.7. The van der Waals surface area contributed by atoms with Gasteiger partial charge in [-0.3, -0.25) is 14.8 Å². The lowest BCUT2D eigenvalue weighted by atomic mass is 9.83. The van der Waals surface area contributed by atoms with Crippen LogP contribution in [0.5, 0.6) is 0 Å². The Morgan fingerprint density at radius 1 is 1.12 bits per heavy atom. The van der Waals surface area contributed by atoms with Gasteiger partial charge < -0.3 is 10.6 Å². The molecular weight excluding hydrogens is 306 g/mol. The van der Waals surface area contributed by atoms with Crippen molar-refractivity contribution in [3.8, 4) is 0 Å². The van der Waals surface area contributed by atoms with Crippen LogP contribution in [0.4, 0.5) is 5.82 Å². The van der Waals surface area contributed by atoms with Gasteiger partial charge in [0.25, 0.3) is 0 Å². The minimum Gasteiger partial charge on any atom is -0.368 e. The first kappa shape index (κ1) is 15.3. The molecule has 0 aliphatic carbocycles. The summed E-state index contributed by atoms with van der Waals surface area (Å²) in [6.45, 7) is 3.47. The van der Waals surface area contributed by atoms with E-state index >= 15 is 0 Å². The molecule has 2 fully saturated rings. The minimum absolute atomic E-state index is 0.180. The summed E-state index contributed by atoms with van der Waals surface area (Å²) in [5.74, 6) is 0.700. The van der Waals surface area contributed by atoms with Gasteiger partial charge in [-0.05, 0) is 38.8 Å². The van der Waals surface area contributed by atoms with Crippen LogP contribution in [0.1, 0.15) is 32.1 Å². The molecule has 1 amide bonds. The molecule has 0 spiro atoms. The second kappa shape index (κ2) is 6.01. The molecular formula is C16H23N7O. The number of nitrogens with two attached hydrogens (primary N) is 1. The highest BCUT2D eigenvalue weighted by molar-refractivity contribution is 5.87. The normalized spacial score (nSPS) is 21.9. The molecule has 24 heavy (non-hydrogen) atoms. The lowest BCUT2D eigenvalue weighted by Gasteiger charge is -2.48. The largest absolute Gasteiger partial charge is 0.368 e. The Morgan fingerprint density at radius 3 is 2.58 bits per heavy atom. The van der Waals surface area contributed by atoms with Gasteiger partial charge in [0.1, 0.15) is 17.7 Å². The lowest BCUT2D eigenvalue weighted by Crippen LogP contribution is -2.63. The number of fused-ring (bicyclic) bond motifs is 1. The fraction of sp³-hybridized carbons (Fsp3) is 0.625. The van der Waals surface area contributed by atoms with Crippen molar-refractivity contribution in [2.24, 2.45) is 5.73 Å². The number of anilines is 1. The topological polar surface area (TPSA) is 104 Å². The second-order valence-corrected chi connectivity index (χ2v) is 6.76. The van der Waals surface area contributed by atoms with Gasteiger partial charge in [0.15, 0.2) is 5.65 Å². The van der Waals surface area contributed by atoms with Crippen LogP contribution in [0, 0.1) is 0 Å². The highest BCUT2D eigenvalue weighted by Gasteiger charge is 2.45. The molecule has 128 valence electrons. The molecule has 2 aromatic heterocycles. The van der Waals surface area contributed by atoms with Crippen molar-refractivity contribution in [2.75, 3.05) is 31.1 Å². The van der Waals surface area contributed by atoms with Crippen LogP contribution in [-0.4, -0.2) is 62.7 Å². The quantitative estimate of drug-likeness (QED) is 0.857. The van der Waals surface area contributed by atoms with Crippen LogP contribution < -0.4 is 10.6 Å². The van der Waals surface area contributed by atoms with Gasteiger partial charge in [-0.15, -0.1) is 0 Å². The number of nitrogens with one attached hydrogen (secondary N) is 1. The molecule has 0 radical (unpaired) electrons. The summed E-state index contributed by atoms with van der Waals surface area (Å²) in [4.78, 5) is 25.5. The van der Waals surface area contributed by atoms with Crippen molar-refractivity contribution >= 4 is 22.8 Å². The number of nitrogens with zero attached hydrogens (tertiary/aromatic N) is 5. The van der Waals surface area contributed by atoms with Crippen LogP contribution in [0.3, 0.4) is 0 Å². The lowest BCUT2D eigenvalue weighted by molar-refractivity contribution is -0.132. The molecule has 8 heteroatoms. The SMILES string of the molecule is NC(=O)C1(N2CCCCC2)CCN(c2ncnc3[nH]ncc23)CC1. The highest BCUT2D eigenvalue weighted by Crippen LogP contribution is 2.34. The zero-order chi connectivity index (χ0) is 16.6. The second-order valence-electron chi connectivity index (χ2n) is 6.76.